The van der Waals surface area contributed by atoms with Crippen molar-refractivity contribution in [2.75, 3.05) is 11.9 Å². The number of benzene rings is 2. The van der Waals surface area contributed by atoms with Crippen molar-refractivity contribution < 1.29 is 9.84 Å². The van der Waals surface area contributed by atoms with Crippen molar-refractivity contribution in [1.82, 2.24) is 0 Å². The Morgan fingerprint density at radius 1 is 1.11 bits per heavy atom. The average Bonchev–Trinajstić information content (AvgIpc) is 2.48. The zero-order chi connectivity index (χ0) is 13.1. The third-order valence-electron chi connectivity index (χ3n) is 3.48. The van der Waals surface area contributed by atoms with E-state index in [9.17, 15) is 5.11 Å². The maximum atomic E-state index is 9.38. The molecule has 1 unspecified atom stereocenters. The van der Waals surface area contributed by atoms with Crippen LogP contribution in [-0.4, -0.2) is 11.7 Å². The number of hydrogen-bond donors (Lipinski definition) is 2. The molecule has 1 aliphatic rings. The fourth-order valence-electron chi connectivity index (χ4n) is 2.48. The van der Waals surface area contributed by atoms with Crippen LogP contribution in [0.5, 0.6) is 5.75 Å². The molecule has 2 aromatic carbocycles. The smallest absolute Gasteiger partial charge is 0.124 e. The molecule has 0 fully saturated rings. The fraction of sp³-hybridized carbons (Fsp3) is 0.250. The first kappa shape index (κ1) is 12.1. The van der Waals surface area contributed by atoms with Gasteiger partial charge in [0.05, 0.1) is 19.3 Å². The van der Waals surface area contributed by atoms with Gasteiger partial charge < -0.3 is 15.2 Å². The lowest BCUT2D eigenvalue weighted by Crippen LogP contribution is -2.20. The number of para-hydroxylation sites is 2. The van der Waals surface area contributed by atoms with Gasteiger partial charge in [0, 0.05) is 23.2 Å². The Morgan fingerprint density at radius 3 is 2.79 bits per heavy atom. The van der Waals surface area contributed by atoms with Crippen molar-refractivity contribution in [3.05, 3.63) is 59.7 Å². The minimum absolute atomic E-state index is 0.0496. The monoisotopic (exact) mass is 255 g/mol. The number of ether oxygens (including phenoxy) is 1. The third kappa shape index (κ3) is 2.42. The van der Waals surface area contributed by atoms with Gasteiger partial charge in [-0.25, -0.2) is 0 Å². The van der Waals surface area contributed by atoms with Gasteiger partial charge in [0.25, 0.3) is 0 Å². The second kappa shape index (κ2) is 5.33. The van der Waals surface area contributed by atoms with Crippen LogP contribution in [-0.2, 0) is 6.61 Å². The minimum atomic E-state index is 0.0496. The Kier molecular flexibility index (Phi) is 3.38. The number of rotatable bonds is 3. The molecule has 1 heterocycles. The second-order valence-corrected chi connectivity index (χ2v) is 4.69. The third-order valence-corrected chi connectivity index (χ3v) is 3.48. The van der Waals surface area contributed by atoms with Crippen LogP contribution in [0.4, 0.5) is 5.69 Å². The first-order chi connectivity index (χ1) is 9.38. The molecule has 1 atom stereocenters. The second-order valence-electron chi connectivity index (χ2n) is 4.69. The molecule has 3 heteroatoms. The summed E-state index contributed by atoms with van der Waals surface area (Å²) in [4.78, 5) is 0. The van der Waals surface area contributed by atoms with E-state index in [2.05, 4.69) is 11.4 Å². The van der Waals surface area contributed by atoms with Gasteiger partial charge in [0.2, 0.25) is 0 Å². The number of fused-ring (bicyclic) bond motifs is 1. The van der Waals surface area contributed by atoms with E-state index in [1.54, 1.807) is 0 Å². The average molecular weight is 255 g/mol. The summed E-state index contributed by atoms with van der Waals surface area (Å²) >= 11 is 0. The summed E-state index contributed by atoms with van der Waals surface area (Å²) in [6.45, 7) is 0.768. The van der Waals surface area contributed by atoms with Crippen molar-refractivity contribution in [2.24, 2.45) is 0 Å². The summed E-state index contributed by atoms with van der Waals surface area (Å²) in [6, 6.07) is 16.2. The SMILES string of the molecule is OCc1ccccc1NC1CCOc2ccccc21. The standard InChI is InChI=1S/C16H17NO2/c18-11-12-5-1-3-7-14(12)17-15-9-10-19-16-8-4-2-6-13(15)16/h1-8,15,17-18H,9-11H2. The van der Waals surface area contributed by atoms with E-state index >= 15 is 0 Å². The zero-order valence-electron chi connectivity index (χ0n) is 10.7. The van der Waals surface area contributed by atoms with Crippen LogP contribution in [0, 0.1) is 0 Å². The number of hydrogen-bond acceptors (Lipinski definition) is 3. The highest BCUT2D eigenvalue weighted by atomic mass is 16.5. The molecule has 0 radical (unpaired) electrons. The van der Waals surface area contributed by atoms with Crippen molar-refractivity contribution >= 4 is 5.69 Å². The molecule has 98 valence electrons. The van der Waals surface area contributed by atoms with Gasteiger partial charge in [0.15, 0.2) is 0 Å². The molecule has 0 saturated carbocycles. The van der Waals surface area contributed by atoms with Crippen LogP contribution in [0.1, 0.15) is 23.6 Å². The van der Waals surface area contributed by atoms with E-state index in [4.69, 9.17) is 4.74 Å². The number of aliphatic hydroxyl groups excluding tert-OH is 1. The summed E-state index contributed by atoms with van der Waals surface area (Å²) in [7, 11) is 0. The van der Waals surface area contributed by atoms with Crippen molar-refractivity contribution in [1.29, 1.82) is 0 Å². The predicted octanol–water partition coefficient (Wildman–Crippen LogP) is 3.11. The first-order valence-corrected chi connectivity index (χ1v) is 6.55. The summed E-state index contributed by atoms with van der Waals surface area (Å²) in [5.74, 6) is 0.952. The quantitative estimate of drug-likeness (QED) is 0.885. The predicted molar refractivity (Wildman–Crippen MR) is 75.3 cm³/mol. The van der Waals surface area contributed by atoms with Crippen molar-refractivity contribution in [3.8, 4) is 5.75 Å². The van der Waals surface area contributed by atoms with Gasteiger partial charge in [-0.05, 0) is 12.1 Å². The van der Waals surface area contributed by atoms with Crippen LogP contribution in [0.25, 0.3) is 0 Å². The molecule has 1 aliphatic heterocycles. The van der Waals surface area contributed by atoms with Gasteiger partial charge in [0.1, 0.15) is 5.75 Å². The fourth-order valence-corrected chi connectivity index (χ4v) is 2.48. The van der Waals surface area contributed by atoms with Crippen LogP contribution >= 0.6 is 0 Å². The molecule has 0 saturated heterocycles. The van der Waals surface area contributed by atoms with Gasteiger partial charge >= 0.3 is 0 Å². The first-order valence-electron chi connectivity index (χ1n) is 6.55. The lowest BCUT2D eigenvalue weighted by Gasteiger charge is -2.28. The lowest BCUT2D eigenvalue weighted by molar-refractivity contribution is 0.273. The Bertz CT molecular complexity index is 568. The summed E-state index contributed by atoms with van der Waals surface area (Å²) in [6.07, 6.45) is 0.927. The van der Waals surface area contributed by atoms with E-state index in [0.29, 0.717) is 0 Å². The van der Waals surface area contributed by atoms with Crippen LogP contribution in [0.2, 0.25) is 0 Å². The summed E-state index contributed by atoms with van der Waals surface area (Å²) in [5, 5.41) is 12.9. The molecule has 0 aliphatic carbocycles. The molecule has 0 bridgehead atoms. The molecule has 3 rings (SSSR count). The van der Waals surface area contributed by atoms with Crippen molar-refractivity contribution in [3.63, 3.8) is 0 Å². The Morgan fingerprint density at radius 2 is 1.89 bits per heavy atom. The number of aliphatic hydroxyl groups is 1. The molecule has 2 aromatic rings. The highest BCUT2D eigenvalue weighted by molar-refractivity contribution is 5.53. The highest BCUT2D eigenvalue weighted by Crippen LogP contribution is 2.34. The highest BCUT2D eigenvalue weighted by Gasteiger charge is 2.21. The topological polar surface area (TPSA) is 41.5 Å². The molecular weight excluding hydrogens is 238 g/mol. The van der Waals surface area contributed by atoms with Crippen LogP contribution in [0.3, 0.4) is 0 Å². The van der Waals surface area contributed by atoms with Gasteiger partial charge in [-0.15, -0.1) is 0 Å². The molecule has 3 nitrogen and oxygen atoms in total. The molecule has 0 amide bonds. The number of nitrogens with one attached hydrogen (secondary N) is 1. The Balaban J connectivity index is 1.88. The van der Waals surface area contributed by atoms with E-state index in [1.807, 2.05) is 42.5 Å². The number of anilines is 1. The van der Waals surface area contributed by atoms with E-state index < -0.39 is 0 Å². The molecule has 2 N–H and O–H groups in total. The Hall–Kier alpha value is -2.00. The largest absolute Gasteiger partial charge is 0.493 e. The molecule has 0 aromatic heterocycles. The minimum Gasteiger partial charge on any atom is -0.493 e. The maximum Gasteiger partial charge on any atom is 0.124 e. The maximum absolute atomic E-state index is 9.38. The summed E-state index contributed by atoms with van der Waals surface area (Å²) < 4.78 is 5.66. The normalized spacial score (nSPS) is 17.4. The Labute approximate surface area is 112 Å². The van der Waals surface area contributed by atoms with E-state index in [1.165, 1.54) is 5.56 Å². The summed E-state index contributed by atoms with van der Waals surface area (Å²) in [5.41, 5.74) is 3.10. The zero-order valence-corrected chi connectivity index (χ0v) is 10.7. The molecular formula is C16H17NO2. The van der Waals surface area contributed by atoms with Crippen LogP contribution in [0.15, 0.2) is 48.5 Å². The molecule has 0 spiro atoms. The van der Waals surface area contributed by atoms with E-state index in [-0.39, 0.29) is 12.6 Å². The van der Waals surface area contributed by atoms with Crippen LogP contribution < -0.4 is 10.1 Å². The molecule has 19 heavy (non-hydrogen) atoms. The lowest BCUT2D eigenvalue weighted by atomic mass is 10.00. The van der Waals surface area contributed by atoms with Gasteiger partial charge in [-0.3, -0.25) is 0 Å². The van der Waals surface area contributed by atoms with E-state index in [0.717, 1.165) is 30.0 Å². The van der Waals surface area contributed by atoms with Gasteiger partial charge in [-0.1, -0.05) is 36.4 Å². The van der Waals surface area contributed by atoms with Gasteiger partial charge in [-0.2, -0.15) is 0 Å². The van der Waals surface area contributed by atoms with Crippen molar-refractivity contribution in [2.45, 2.75) is 19.1 Å².